The van der Waals surface area contributed by atoms with Gasteiger partial charge in [-0.05, 0) is 29.7 Å². The van der Waals surface area contributed by atoms with E-state index in [0.29, 0.717) is 6.54 Å². The van der Waals surface area contributed by atoms with E-state index in [4.69, 9.17) is 0 Å². The molecular formula is C11H14BrNO. The molecule has 1 rings (SSSR count). The highest BCUT2D eigenvalue weighted by Crippen LogP contribution is 2.17. The van der Waals surface area contributed by atoms with Gasteiger partial charge in [0, 0.05) is 17.9 Å². The van der Waals surface area contributed by atoms with Crippen molar-refractivity contribution in [1.82, 2.24) is 5.32 Å². The molecule has 0 atom stereocenters. The molecule has 0 saturated heterocycles. The summed E-state index contributed by atoms with van der Waals surface area (Å²) in [6.45, 7) is 4.26. The minimum atomic E-state index is 0.00923. The van der Waals surface area contributed by atoms with E-state index in [1.807, 2.05) is 12.1 Å². The Morgan fingerprint density at radius 3 is 2.71 bits per heavy atom. The smallest absolute Gasteiger partial charge is 0.217 e. The molecule has 76 valence electrons. The van der Waals surface area contributed by atoms with Gasteiger partial charge in [0.2, 0.25) is 5.91 Å². The summed E-state index contributed by atoms with van der Waals surface area (Å²) in [5.74, 6) is 0.00923. The zero-order valence-electron chi connectivity index (χ0n) is 8.43. The number of benzene rings is 1. The largest absolute Gasteiger partial charge is 0.352 e. The number of hydrogen-bond acceptors (Lipinski definition) is 1. The molecule has 1 amide bonds. The van der Waals surface area contributed by atoms with E-state index in [-0.39, 0.29) is 5.91 Å². The van der Waals surface area contributed by atoms with Crippen molar-refractivity contribution in [3.05, 3.63) is 33.8 Å². The van der Waals surface area contributed by atoms with Crippen LogP contribution in [0, 0.1) is 0 Å². The summed E-state index contributed by atoms with van der Waals surface area (Å²) < 4.78 is 1.08. The number of rotatable bonds is 3. The van der Waals surface area contributed by atoms with E-state index in [1.165, 1.54) is 18.1 Å². The van der Waals surface area contributed by atoms with Crippen LogP contribution in [-0.2, 0) is 17.8 Å². The fraction of sp³-hybridized carbons (Fsp3) is 0.364. The highest BCUT2D eigenvalue weighted by Gasteiger charge is 2.01. The molecule has 0 saturated carbocycles. The third-order valence-corrected chi connectivity index (χ3v) is 2.57. The molecule has 1 aromatic rings. The van der Waals surface area contributed by atoms with Crippen molar-refractivity contribution in [2.24, 2.45) is 0 Å². The van der Waals surface area contributed by atoms with E-state index in [9.17, 15) is 4.79 Å². The number of nitrogens with one attached hydrogen (secondary N) is 1. The highest BCUT2D eigenvalue weighted by atomic mass is 79.9. The first-order valence-electron chi connectivity index (χ1n) is 4.65. The van der Waals surface area contributed by atoms with E-state index < -0.39 is 0 Å². The van der Waals surface area contributed by atoms with Gasteiger partial charge in [-0.2, -0.15) is 0 Å². The topological polar surface area (TPSA) is 29.1 Å². The Labute approximate surface area is 92.8 Å². The number of hydrogen-bond donors (Lipinski definition) is 1. The third-order valence-electron chi connectivity index (χ3n) is 2.08. The van der Waals surface area contributed by atoms with Crippen LogP contribution in [0.2, 0.25) is 0 Å². The molecule has 1 N–H and O–H groups in total. The van der Waals surface area contributed by atoms with Gasteiger partial charge >= 0.3 is 0 Å². The van der Waals surface area contributed by atoms with E-state index in [2.05, 4.69) is 34.2 Å². The van der Waals surface area contributed by atoms with Crippen LogP contribution in [0.3, 0.4) is 0 Å². The normalized spacial score (nSPS) is 9.93. The number of amides is 1. The lowest BCUT2D eigenvalue weighted by Gasteiger charge is -2.08. The van der Waals surface area contributed by atoms with Gasteiger partial charge in [0.1, 0.15) is 0 Å². The zero-order chi connectivity index (χ0) is 10.6. The number of carbonyl (C=O) groups excluding carboxylic acids is 1. The first-order valence-corrected chi connectivity index (χ1v) is 5.44. The summed E-state index contributed by atoms with van der Waals surface area (Å²) >= 11 is 3.43. The van der Waals surface area contributed by atoms with Gasteiger partial charge < -0.3 is 5.32 Å². The minimum Gasteiger partial charge on any atom is -0.352 e. The maximum absolute atomic E-state index is 10.8. The summed E-state index contributed by atoms with van der Waals surface area (Å²) in [5, 5.41) is 2.80. The summed E-state index contributed by atoms with van der Waals surface area (Å²) in [5.41, 5.74) is 2.46. The number of halogens is 1. The zero-order valence-corrected chi connectivity index (χ0v) is 10.0. The standard InChI is InChI=1S/C11H14BrNO/c1-3-9-6-11(12)5-4-10(9)7-13-8(2)14/h4-6H,3,7H2,1-2H3,(H,13,14). The Hall–Kier alpha value is -0.830. The van der Waals surface area contributed by atoms with Crippen LogP contribution >= 0.6 is 15.9 Å². The van der Waals surface area contributed by atoms with Gasteiger partial charge in [-0.1, -0.05) is 28.9 Å². The molecule has 0 aromatic heterocycles. The molecular weight excluding hydrogens is 242 g/mol. The van der Waals surface area contributed by atoms with Crippen molar-refractivity contribution in [2.45, 2.75) is 26.8 Å². The molecule has 1 aromatic carbocycles. The average molecular weight is 256 g/mol. The van der Waals surface area contributed by atoms with Gasteiger partial charge in [0.25, 0.3) is 0 Å². The summed E-state index contributed by atoms with van der Waals surface area (Å²) in [4.78, 5) is 10.8. The monoisotopic (exact) mass is 255 g/mol. The van der Waals surface area contributed by atoms with Crippen molar-refractivity contribution in [3.8, 4) is 0 Å². The molecule has 0 radical (unpaired) electrons. The fourth-order valence-corrected chi connectivity index (χ4v) is 1.72. The van der Waals surface area contributed by atoms with Crippen LogP contribution in [0.4, 0.5) is 0 Å². The Morgan fingerprint density at radius 1 is 1.43 bits per heavy atom. The Morgan fingerprint density at radius 2 is 2.14 bits per heavy atom. The van der Waals surface area contributed by atoms with Crippen molar-refractivity contribution < 1.29 is 4.79 Å². The maximum Gasteiger partial charge on any atom is 0.217 e. The maximum atomic E-state index is 10.8. The SMILES string of the molecule is CCc1cc(Br)ccc1CNC(C)=O. The van der Waals surface area contributed by atoms with Crippen LogP contribution in [0.15, 0.2) is 22.7 Å². The van der Waals surface area contributed by atoms with Gasteiger partial charge in [-0.15, -0.1) is 0 Å². The van der Waals surface area contributed by atoms with Gasteiger partial charge in [0.05, 0.1) is 0 Å². The van der Waals surface area contributed by atoms with Crippen molar-refractivity contribution in [1.29, 1.82) is 0 Å². The van der Waals surface area contributed by atoms with Crippen molar-refractivity contribution in [2.75, 3.05) is 0 Å². The summed E-state index contributed by atoms with van der Waals surface area (Å²) in [6, 6.07) is 6.13. The van der Waals surface area contributed by atoms with E-state index >= 15 is 0 Å². The van der Waals surface area contributed by atoms with Gasteiger partial charge in [-0.3, -0.25) is 4.79 Å². The quantitative estimate of drug-likeness (QED) is 0.885. The average Bonchev–Trinajstić information content (AvgIpc) is 2.15. The Balaban J connectivity index is 2.80. The second kappa shape index (κ2) is 5.15. The lowest BCUT2D eigenvalue weighted by atomic mass is 10.1. The third kappa shape index (κ3) is 3.14. The molecule has 0 unspecified atom stereocenters. The van der Waals surface area contributed by atoms with E-state index in [1.54, 1.807) is 0 Å². The molecule has 14 heavy (non-hydrogen) atoms. The highest BCUT2D eigenvalue weighted by molar-refractivity contribution is 9.10. The fourth-order valence-electron chi connectivity index (χ4n) is 1.32. The molecule has 0 heterocycles. The van der Waals surface area contributed by atoms with Crippen LogP contribution in [0.1, 0.15) is 25.0 Å². The lowest BCUT2D eigenvalue weighted by molar-refractivity contribution is -0.119. The predicted octanol–water partition coefficient (Wildman–Crippen LogP) is 2.65. The van der Waals surface area contributed by atoms with Crippen LogP contribution in [0.25, 0.3) is 0 Å². The molecule has 2 nitrogen and oxygen atoms in total. The molecule has 3 heteroatoms. The first kappa shape index (κ1) is 11.2. The van der Waals surface area contributed by atoms with E-state index in [0.717, 1.165) is 10.9 Å². The molecule has 0 aliphatic carbocycles. The van der Waals surface area contributed by atoms with Crippen LogP contribution in [-0.4, -0.2) is 5.91 Å². The van der Waals surface area contributed by atoms with Crippen LogP contribution < -0.4 is 5.32 Å². The van der Waals surface area contributed by atoms with Gasteiger partial charge in [-0.25, -0.2) is 0 Å². The van der Waals surface area contributed by atoms with Crippen LogP contribution in [0.5, 0.6) is 0 Å². The summed E-state index contributed by atoms with van der Waals surface area (Å²) in [6.07, 6.45) is 0.981. The number of carbonyl (C=O) groups is 1. The molecule has 0 bridgehead atoms. The second-order valence-electron chi connectivity index (χ2n) is 3.18. The van der Waals surface area contributed by atoms with Crippen molar-refractivity contribution >= 4 is 21.8 Å². The molecule has 0 aliphatic heterocycles. The Kier molecular flexibility index (Phi) is 4.14. The lowest BCUT2D eigenvalue weighted by Crippen LogP contribution is -2.19. The second-order valence-corrected chi connectivity index (χ2v) is 4.09. The number of aryl methyl sites for hydroxylation is 1. The molecule has 0 fully saturated rings. The minimum absolute atomic E-state index is 0.00923. The Bertz CT molecular complexity index is 336. The molecule has 0 spiro atoms. The van der Waals surface area contributed by atoms with Crippen molar-refractivity contribution in [3.63, 3.8) is 0 Å². The predicted molar refractivity (Wildman–Crippen MR) is 61.0 cm³/mol. The first-order chi connectivity index (χ1) is 6.63. The molecule has 0 aliphatic rings. The summed E-state index contributed by atoms with van der Waals surface area (Å²) in [7, 11) is 0. The van der Waals surface area contributed by atoms with Gasteiger partial charge in [0.15, 0.2) is 0 Å².